The largest absolute Gasteiger partial charge is 0.416 e. The first-order chi connectivity index (χ1) is 7.23. The summed E-state index contributed by atoms with van der Waals surface area (Å²) in [6, 6.07) is 1.01. The van der Waals surface area contributed by atoms with E-state index in [0.717, 1.165) is 12.1 Å². The molecular weight excluding hydrogens is 262 g/mol. The minimum Gasteiger partial charge on any atom is -0.391 e. The summed E-state index contributed by atoms with van der Waals surface area (Å²) in [5.41, 5.74) is 4.21. The summed E-state index contributed by atoms with van der Waals surface area (Å²) in [4.78, 5) is 0. The molecule has 1 aromatic carbocycles. The van der Waals surface area contributed by atoms with Gasteiger partial charge < -0.3 is 10.8 Å². The highest BCUT2D eigenvalue weighted by atomic mass is 35.5. The average Bonchev–Trinajstić information content (AvgIpc) is 2.15. The van der Waals surface area contributed by atoms with Gasteiger partial charge in [0, 0.05) is 5.56 Å². The van der Waals surface area contributed by atoms with Crippen LogP contribution < -0.4 is 5.73 Å². The molecule has 0 saturated carbocycles. The Balaban J connectivity index is 0.00000256. The van der Waals surface area contributed by atoms with Crippen molar-refractivity contribution in [2.75, 3.05) is 0 Å². The first-order valence-electron chi connectivity index (χ1n) is 4.53. The molecule has 7 heteroatoms. The lowest BCUT2D eigenvalue weighted by molar-refractivity contribution is -0.137. The third-order valence-electron chi connectivity index (χ3n) is 2.21. The van der Waals surface area contributed by atoms with Crippen molar-refractivity contribution in [2.45, 2.75) is 25.2 Å². The van der Waals surface area contributed by atoms with E-state index in [1.807, 2.05) is 0 Å². The molecule has 0 heterocycles. The van der Waals surface area contributed by atoms with E-state index in [-0.39, 0.29) is 18.0 Å². The van der Waals surface area contributed by atoms with E-state index in [1.54, 1.807) is 0 Å². The molecule has 0 unspecified atom stereocenters. The van der Waals surface area contributed by atoms with Gasteiger partial charge in [-0.3, -0.25) is 0 Å². The van der Waals surface area contributed by atoms with Gasteiger partial charge >= 0.3 is 6.18 Å². The van der Waals surface area contributed by atoms with Crippen LogP contribution in [0.25, 0.3) is 0 Å². The van der Waals surface area contributed by atoms with E-state index >= 15 is 0 Å². The van der Waals surface area contributed by atoms with Crippen molar-refractivity contribution in [3.63, 3.8) is 0 Å². The lowest BCUT2D eigenvalue weighted by Crippen LogP contribution is -2.24. The number of aliphatic hydroxyl groups excluding tert-OH is 1. The summed E-state index contributed by atoms with van der Waals surface area (Å²) >= 11 is 0. The number of hydrogen-bond acceptors (Lipinski definition) is 2. The summed E-state index contributed by atoms with van der Waals surface area (Å²) in [6.45, 7) is 1.34. The summed E-state index contributed by atoms with van der Waals surface area (Å²) in [7, 11) is 0. The smallest absolute Gasteiger partial charge is 0.391 e. The van der Waals surface area contributed by atoms with Crippen LogP contribution in [-0.2, 0) is 6.18 Å². The predicted octanol–water partition coefficient (Wildman–Crippen LogP) is 2.65. The molecule has 98 valence electrons. The Labute approximate surface area is 102 Å². The number of halogens is 5. The maximum atomic E-state index is 13.3. The number of rotatable bonds is 2. The van der Waals surface area contributed by atoms with Crippen molar-refractivity contribution in [1.29, 1.82) is 0 Å². The van der Waals surface area contributed by atoms with Crippen molar-refractivity contribution < 1.29 is 22.7 Å². The molecule has 0 spiro atoms. The SMILES string of the molecule is C[C@@H](O)[C@@H](N)c1ccc(C(F)(F)F)cc1F.Cl. The van der Waals surface area contributed by atoms with Gasteiger partial charge in [-0.05, 0) is 19.1 Å². The lowest BCUT2D eigenvalue weighted by Gasteiger charge is -2.17. The summed E-state index contributed by atoms with van der Waals surface area (Å²) in [5, 5.41) is 9.11. The number of nitrogens with two attached hydrogens (primary N) is 1. The van der Waals surface area contributed by atoms with Crippen molar-refractivity contribution >= 4 is 12.4 Å². The maximum Gasteiger partial charge on any atom is 0.416 e. The van der Waals surface area contributed by atoms with Gasteiger partial charge in [-0.15, -0.1) is 12.4 Å². The molecule has 0 fully saturated rings. The summed E-state index contributed by atoms with van der Waals surface area (Å²) < 4.78 is 49.9. The molecule has 0 aliphatic heterocycles. The van der Waals surface area contributed by atoms with E-state index in [9.17, 15) is 17.6 Å². The maximum absolute atomic E-state index is 13.3. The van der Waals surface area contributed by atoms with Crippen molar-refractivity contribution in [3.05, 3.63) is 35.1 Å². The number of aliphatic hydroxyl groups is 1. The van der Waals surface area contributed by atoms with Crippen LogP contribution in [0.2, 0.25) is 0 Å². The Morgan fingerprint density at radius 1 is 1.29 bits per heavy atom. The van der Waals surface area contributed by atoms with Gasteiger partial charge in [-0.1, -0.05) is 6.07 Å². The second kappa shape index (κ2) is 5.66. The van der Waals surface area contributed by atoms with Gasteiger partial charge in [0.15, 0.2) is 0 Å². The molecule has 0 bridgehead atoms. The Morgan fingerprint density at radius 2 is 1.82 bits per heavy atom. The molecule has 0 radical (unpaired) electrons. The highest BCUT2D eigenvalue weighted by Crippen LogP contribution is 2.31. The third-order valence-corrected chi connectivity index (χ3v) is 2.21. The van der Waals surface area contributed by atoms with E-state index in [4.69, 9.17) is 10.8 Å². The van der Waals surface area contributed by atoms with Crippen molar-refractivity contribution in [3.8, 4) is 0 Å². The van der Waals surface area contributed by atoms with E-state index in [2.05, 4.69) is 0 Å². The Kier molecular flexibility index (Phi) is 5.38. The molecular formula is C10H12ClF4NO. The van der Waals surface area contributed by atoms with E-state index in [0.29, 0.717) is 6.07 Å². The zero-order valence-corrected chi connectivity index (χ0v) is 9.65. The monoisotopic (exact) mass is 273 g/mol. The van der Waals surface area contributed by atoms with Crippen LogP contribution in [0.4, 0.5) is 17.6 Å². The van der Waals surface area contributed by atoms with Gasteiger partial charge in [0.2, 0.25) is 0 Å². The predicted molar refractivity (Wildman–Crippen MR) is 57.3 cm³/mol. The molecule has 3 N–H and O–H groups in total. The standard InChI is InChI=1S/C10H11F4NO.ClH/c1-5(16)9(15)7-3-2-6(4-8(7)11)10(12,13)14;/h2-5,9,16H,15H2,1H3;1H/t5-,9-;/m1./s1. The quantitative estimate of drug-likeness (QED) is 0.814. The van der Waals surface area contributed by atoms with E-state index in [1.165, 1.54) is 6.92 Å². The Hall–Kier alpha value is -0.850. The highest BCUT2D eigenvalue weighted by molar-refractivity contribution is 5.85. The summed E-state index contributed by atoms with van der Waals surface area (Å²) in [5.74, 6) is -1.07. The molecule has 2 nitrogen and oxygen atoms in total. The Bertz CT molecular complexity index is 381. The molecule has 2 atom stereocenters. The fraction of sp³-hybridized carbons (Fsp3) is 0.400. The molecule has 0 amide bonds. The number of alkyl halides is 3. The molecule has 1 rings (SSSR count). The average molecular weight is 274 g/mol. The first kappa shape index (κ1) is 16.1. The fourth-order valence-corrected chi connectivity index (χ4v) is 1.23. The number of benzene rings is 1. The van der Waals surface area contributed by atoms with Crippen LogP contribution in [0.5, 0.6) is 0 Å². The molecule has 0 aromatic heterocycles. The van der Waals surface area contributed by atoms with Crippen LogP contribution in [0.3, 0.4) is 0 Å². The van der Waals surface area contributed by atoms with Crippen LogP contribution in [-0.4, -0.2) is 11.2 Å². The minimum atomic E-state index is -4.59. The normalized spacial score (nSPS) is 15.0. The van der Waals surface area contributed by atoms with Gasteiger partial charge in [-0.25, -0.2) is 4.39 Å². The van der Waals surface area contributed by atoms with Gasteiger partial charge in [0.1, 0.15) is 5.82 Å². The van der Waals surface area contributed by atoms with Crippen molar-refractivity contribution in [1.82, 2.24) is 0 Å². The lowest BCUT2D eigenvalue weighted by atomic mass is 10.0. The second-order valence-corrected chi connectivity index (χ2v) is 3.50. The zero-order chi connectivity index (χ0) is 12.5. The first-order valence-corrected chi connectivity index (χ1v) is 4.53. The molecule has 0 saturated heterocycles. The van der Waals surface area contributed by atoms with Crippen LogP contribution in [0, 0.1) is 5.82 Å². The van der Waals surface area contributed by atoms with Gasteiger partial charge in [-0.2, -0.15) is 13.2 Å². The van der Waals surface area contributed by atoms with Crippen molar-refractivity contribution in [2.24, 2.45) is 5.73 Å². The highest BCUT2D eigenvalue weighted by Gasteiger charge is 2.31. The van der Waals surface area contributed by atoms with Crippen LogP contribution in [0.1, 0.15) is 24.1 Å². The molecule has 1 aromatic rings. The van der Waals surface area contributed by atoms with Gasteiger partial charge in [0.25, 0.3) is 0 Å². The minimum absolute atomic E-state index is 0. The van der Waals surface area contributed by atoms with Crippen LogP contribution >= 0.6 is 12.4 Å². The second-order valence-electron chi connectivity index (χ2n) is 3.50. The van der Waals surface area contributed by atoms with Crippen LogP contribution in [0.15, 0.2) is 18.2 Å². The number of hydrogen-bond donors (Lipinski definition) is 2. The summed E-state index contributed by atoms with van der Waals surface area (Å²) in [6.07, 6.45) is -5.62. The molecule has 0 aliphatic carbocycles. The van der Waals surface area contributed by atoms with Gasteiger partial charge in [0.05, 0.1) is 17.7 Å². The molecule has 17 heavy (non-hydrogen) atoms. The Morgan fingerprint density at radius 3 is 2.18 bits per heavy atom. The fourth-order valence-electron chi connectivity index (χ4n) is 1.23. The zero-order valence-electron chi connectivity index (χ0n) is 8.83. The molecule has 0 aliphatic rings. The topological polar surface area (TPSA) is 46.2 Å². The third kappa shape index (κ3) is 3.83. The van der Waals surface area contributed by atoms with E-state index < -0.39 is 29.7 Å².